The molecule has 4 aromatic rings. The third kappa shape index (κ3) is 4.74. The first-order chi connectivity index (χ1) is 16.9. The second-order valence-electron chi connectivity index (χ2n) is 10.7. The lowest BCUT2D eigenvalue weighted by atomic mass is 9.82. The van der Waals surface area contributed by atoms with E-state index in [1.165, 1.54) is 59.0 Å². The molecule has 0 aliphatic heterocycles. The second-order valence-corrected chi connectivity index (χ2v) is 10.7. The summed E-state index contributed by atoms with van der Waals surface area (Å²) in [6, 6.07) is 22.8. The molecule has 0 spiro atoms. The number of aromatic nitrogens is 2. The van der Waals surface area contributed by atoms with Gasteiger partial charge in [-0.05, 0) is 99.2 Å². The Labute approximate surface area is 210 Å². The lowest BCUT2D eigenvalue weighted by molar-refractivity contribution is 0.279. The minimum Gasteiger partial charge on any atom is -0.497 e. The van der Waals surface area contributed by atoms with Crippen LogP contribution in [0, 0.1) is 19.8 Å². The lowest BCUT2D eigenvalue weighted by Crippen LogP contribution is -2.20. The lowest BCUT2D eigenvalue weighted by Gasteiger charge is -2.32. The summed E-state index contributed by atoms with van der Waals surface area (Å²) in [5, 5.41) is 1.41. The first-order valence-corrected chi connectivity index (χ1v) is 13.2. The normalized spacial score (nSPS) is 18.3. The largest absolute Gasteiger partial charge is 0.497 e. The molecule has 2 heterocycles. The molecule has 0 N–H and O–H groups in total. The molecule has 3 heteroatoms. The molecule has 0 radical (unpaired) electrons. The molecule has 1 saturated carbocycles. The number of benzene rings is 2. The van der Waals surface area contributed by atoms with Crippen molar-refractivity contribution in [3.63, 3.8) is 0 Å². The average molecular weight is 467 g/mol. The van der Waals surface area contributed by atoms with E-state index >= 15 is 0 Å². The summed E-state index contributed by atoms with van der Waals surface area (Å²) in [6.45, 7) is 8.90. The van der Waals surface area contributed by atoms with Gasteiger partial charge in [0.1, 0.15) is 5.75 Å². The molecular formula is C32H38N2O. The highest BCUT2D eigenvalue weighted by Crippen LogP contribution is 2.44. The molecule has 1 aliphatic rings. The molecule has 1 aliphatic carbocycles. The maximum atomic E-state index is 5.33. The minimum atomic E-state index is 0.455. The van der Waals surface area contributed by atoms with Crippen LogP contribution >= 0.6 is 0 Å². The Balaban J connectivity index is 1.49. The molecule has 0 saturated heterocycles. The maximum absolute atomic E-state index is 5.33. The number of aryl methyl sites for hydroxylation is 2. The molecule has 182 valence electrons. The van der Waals surface area contributed by atoms with Crippen LogP contribution in [0.15, 0.2) is 60.7 Å². The number of nitrogens with zero attached hydrogens (tertiary/aromatic N) is 2. The Bertz CT molecular complexity index is 1290. The fraction of sp³-hybridized carbons (Fsp3) is 0.406. The Morgan fingerprint density at radius 2 is 1.57 bits per heavy atom. The van der Waals surface area contributed by atoms with Gasteiger partial charge in [0.2, 0.25) is 0 Å². The van der Waals surface area contributed by atoms with Crippen molar-refractivity contribution in [2.24, 2.45) is 5.92 Å². The van der Waals surface area contributed by atoms with Crippen LogP contribution in [-0.4, -0.2) is 16.7 Å². The van der Waals surface area contributed by atoms with Crippen LogP contribution in [0.1, 0.15) is 74.0 Å². The van der Waals surface area contributed by atoms with Gasteiger partial charge in [-0.25, -0.2) is 0 Å². The van der Waals surface area contributed by atoms with Crippen molar-refractivity contribution in [2.45, 2.75) is 71.8 Å². The van der Waals surface area contributed by atoms with E-state index in [9.17, 15) is 0 Å². The third-order valence-corrected chi connectivity index (χ3v) is 7.75. The number of rotatable bonds is 6. The van der Waals surface area contributed by atoms with Gasteiger partial charge in [0, 0.05) is 33.9 Å². The third-order valence-electron chi connectivity index (χ3n) is 7.75. The quantitative estimate of drug-likeness (QED) is 0.285. The number of pyridine rings is 1. The van der Waals surface area contributed by atoms with Gasteiger partial charge in [-0.2, -0.15) is 0 Å². The van der Waals surface area contributed by atoms with E-state index in [4.69, 9.17) is 4.74 Å². The van der Waals surface area contributed by atoms with Crippen molar-refractivity contribution in [2.75, 3.05) is 7.11 Å². The zero-order valence-electron chi connectivity index (χ0n) is 21.8. The zero-order valence-corrected chi connectivity index (χ0v) is 21.8. The van der Waals surface area contributed by atoms with Crippen LogP contribution in [-0.2, 0) is 6.42 Å². The molecular weight excluding hydrogens is 428 g/mol. The van der Waals surface area contributed by atoms with Gasteiger partial charge in [0.25, 0.3) is 0 Å². The number of ether oxygens (including phenoxy) is 1. The van der Waals surface area contributed by atoms with Gasteiger partial charge < -0.3 is 9.30 Å². The molecule has 0 bridgehead atoms. The smallest absolute Gasteiger partial charge is 0.118 e. The van der Waals surface area contributed by atoms with Gasteiger partial charge in [-0.1, -0.05) is 44.2 Å². The van der Waals surface area contributed by atoms with E-state index in [1.54, 1.807) is 7.11 Å². The molecule has 35 heavy (non-hydrogen) atoms. The molecule has 2 aromatic heterocycles. The van der Waals surface area contributed by atoms with E-state index in [-0.39, 0.29) is 0 Å². The fourth-order valence-electron chi connectivity index (χ4n) is 6.22. The van der Waals surface area contributed by atoms with Crippen molar-refractivity contribution >= 4 is 10.9 Å². The molecule has 0 atom stereocenters. The van der Waals surface area contributed by atoms with Crippen LogP contribution < -0.4 is 4.74 Å². The first kappa shape index (κ1) is 23.7. The van der Waals surface area contributed by atoms with Crippen molar-refractivity contribution < 1.29 is 4.74 Å². The summed E-state index contributed by atoms with van der Waals surface area (Å²) in [7, 11) is 1.73. The number of hydrogen-bond donors (Lipinski definition) is 0. The molecule has 5 rings (SSSR count). The number of methoxy groups -OCH3 is 1. The second kappa shape index (κ2) is 9.89. The highest BCUT2D eigenvalue weighted by atomic mass is 16.5. The summed E-state index contributed by atoms with van der Waals surface area (Å²) in [5.41, 5.74) is 9.20. The molecule has 3 nitrogen and oxygen atoms in total. The van der Waals surface area contributed by atoms with Crippen molar-refractivity contribution in [3.05, 3.63) is 83.2 Å². The van der Waals surface area contributed by atoms with Crippen LogP contribution in [0.5, 0.6) is 5.75 Å². The SMILES string of the molecule is COc1ccc(CC2CCC(n3c(-c4cc(C)nc(C)c4)c(C(C)C)c4ccccc43)CC2)cc1. The van der Waals surface area contributed by atoms with Gasteiger partial charge in [-0.15, -0.1) is 0 Å². The van der Waals surface area contributed by atoms with E-state index in [2.05, 4.69) is 97.9 Å². The van der Waals surface area contributed by atoms with Gasteiger partial charge >= 0.3 is 0 Å². The Hall–Kier alpha value is -3.07. The summed E-state index contributed by atoms with van der Waals surface area (Å²) in [5.74, 6) is 2.14. The predicted molar refractivity (Wildman–Crippen MR) is 146 cm³/mol. The van der Waals surface area contributed by atoms with Crippen LogP contribution in [0.4, 0.5) is 0 Å². The van der Waals surface area contributed by atoms with Gasteiger partial charge in [0.15, 0.2) is 0 Å². The average Bonchev–Trinajstić information content (AvgIpc) is 3.20. The van der Waals surface area contributed by atoms with Crippen molar-refractivity contribution in [1.82, 2.24) is 9.55 Å². The van der Waals surface area contributed by atoms with Crippen molar-refractivity contribution in [3.8, 4) is 17.0 Å². The van der Waals surface area contributed by atoms with Crippen LogP contribution in [0.3, 0.4) is 0 Å². The first-order valence-electron chi connectivity index (χ1n) is 13.2. The highest BCUT2D eigenvalue weighted by Gasteiger charge is 2.29. The molecule has 1 fully saturated rings. The highest BCUT2D eigenvalue weighted by molar-refractivity contribution is 5.92. The van der Waals surface area contributed by atoms with E-state index in [0.717, 1.165) is 29.5 Å². The summed E-state index contributed by atoms with van der Waals surface area (Å²) < 4.78 is 8.03. The van der Waals surface area contributed by atoms with Crippen LogP contribution in [0.2, 0.25) is 0 Å². The Morgan fingerprint density at radius 1 is 0.914 bits per heavy atom. The number of fused-ring (bicyclic) bond motifs is 1. The summed E-state index contributed by atoms with van der Waals surface area (Å²) >= 11 is 0. The van der Waals surface area contributed by atoms with E-state index in [1.807, 2.05) is 0 Å². The van der Waals surface area contributed by atoms with Gasteiger partial charge in [0.05, 0.1) is 12.8 Å². The van der Waals surface area contributed by atoms with Crippen LogP contribution in [0.25, 0.3) is 22.2 Å². The van der Waals surface area contributed by atoms with Gasteiger partial charge in [-0.3, -0.25) is 4.98 Å². The minimum absolute atomic E-state index is 0.455. The standard InChI is InChI=1S/C32H38N2O/c1-21(2)31-29-8-6-7-9-30(29)34(32(31)26-18-22(3)33-23(4)19-26)27-14-10-24(11-15-27)20-25-12-16-28(35-5)17-13-25/h6-9,12-13,16-19,21,24,27H,10-11,14-15,20H2,1-5H3. The van der Waals surface area contributed by atoms with E-state index in [0.29, 0.717) is 12.0 Å². The predicted octanol–water partition coefficient (Wildman–Crippen LogP) is 8.43. The molecule has 2 aromatic carbocycles. The Kier molecular flexibility index (Phi) is 6.69. The Morgan fingerprint density at radius 3 is 2.20 bits per heavy atom. The van der Waals surface area contributed by atoms with E-state index < -0.39 is 0 Å². The van der Waals surface area contributed by atoms with Crippen molar-refractivity contribution in [1.29, 1.82) is 0 Å². The monoisotopic (exact) mass is 466 g/mol. The zero-order chi connectivity index (χ0) is 24.5. The maximum Gasteiger partial charge on any atom is 0.118 e. The number of para-hydroxylation sites is 1. The molecule has 0 unspecified atom stereocenters. The topological polar surface area (TPSA) is 27.1 Å². The molecule has 0 amide bonds. The summed E-state index contributed by atoms with van der Waals surface area (Å²) in [4.78, 5) is 4.67. The summed E-state index contributed by atoms with van der Waals surface area (Å²) in [6.07, 6.45) is 6.16. The fourth-order valence-corrected chi connectivity index (χ4v) is 6.22. The number of hydrogen-bond acceptors (Lipinski definition) is 2.